The summed E-state index contributed by atoms with van der Waals surface area (Å²) in [5.74, 6) is -0.495. The smallest absolute Gasteiger partial charge is 0.276 e. The van der Waals surface area contributed by atoms with Crippen LogP contribution in [0.2, 0.25) is 0 Å². The number of carbonyl (C=O) groups excluding carboxylic acids is 1. The molecule has 0 radical (unpaired) electrons. The van der Waals surface area contributed by atoms with Crippen LogP contribution in [0.3, 0.4) is 0 Å². The van der Waals surface area contributed by atoms with Crippen molar-refractivity contribution >= 4 is 5.91 Å². The largest absolute Gasteiger partial charge is 0.310 e. The summed E-state index contributed by atoms with van der Waals surface area (Å²) in [4.78, 5) is 18.5. The van der Waals surface area contributed by atoms with Crippen molar-refractivity contribution in [3.05, 3.63) is 29.1 Å². The zero-order chi connectivity index (χ0) is 15.2. The molecule has 22 heavy (non-hydrogen) atoms. The molecular formula is C16H22N4O2. The fourth-order valence-corrected chi connectivity index (χ4v) is 4.37. The molecule has 118 valence electrons. The first kappa shape index (κ1) is 14.1. The zero-order valence-electron chi connectivity index (χ0n) is 12.6. The summed E-state index contributed by atoms with van der Waals surface area (Å²) in [5, 5.41) is 12.5. The summed E-state index contributed by atoms with van der Waals surface area (Å²) in [6, 6.07) is 2.49. The van der Waals surface area contributed by atoms with E-state index in [1.54, 1.807) is 11.7 Å². The Balaban J connectivity index is 1.51. The van der Waals surface area contributed by atoms with Gasteiger partial charge in [0.15, 0.2) is 0 Å². The number of aromatic nitrogens is 1. The Hall–Kier alpha value is -1.50. The van der Waals surface area contributed by atoms with Crippen LogP contribution in [0.25, 0.3) is 0 Å². The lowest BCUT2D eigenvalue weighted by Gasteiger charge is -2.53. The Kier molecular flexibility index (Phi) is 3.40. The monoisotopic (exact) mass is 302 g/mol. The summed E-state index contributed by atoms with van der Waals surface area (Å²) < 4.78 is 0. The Bertz CT molecular complexity index is 598. The molecule has 1 aromatic rings. The van der Waals surface area contributed by atoms with E-state index >= 15 is 0 Å². The number of fused-ring (bicyclic) bond motifs is 1. The van der Waals surface area contributed by atoms with Gasteiger partial charge in [-0.3, -0.25) is 19.9 Å². The van der Waals surface area contributed by atoms with Crippen LogP contribution in [0.1, 0.15) is 47.3 Å². The van der Waals surface area contributed by atoms with E-state index in [4.69, 9.17) is 5.21 Å². The Morgan fingerprint density at radius 3 is 3.09 bits per heavy atom. The van der Waals surface area contributed by atoms with E-state index in [0.29, 0.717) is 17.1 Å². The summed E-state index contributed by atoms with van der Waals surface area (Å²) in [5.41, 5.74) is 4.65. The maximum atomic E-state index is 11.5. The molecule has 0 unspecified atom stereocenters. The van der Waals surface area contributed by atoms with Crippen molar-refractivity contribution < 1.29 is 10.0 Å². The molecule has 1 aliphatic carbocycles. The summed E-state index contributed by atoms with van der Waals surface area (Å²) in [6.07, 6.45) is 7.62. The van der Waals surface area contributed by atoms with Crippen molar-refractivity contribution in [3.63, 3.8) is 0 Å². The lowest BCUT2D eigenvalue weighted by Crippen LogP contribution is -2.65. The molecule has 1 amide bonds. The molecule has 1 aromatic heterocycles. The predicted molar refractivity (Wildman–Crippen MR) is 80.6 cm³/mol. The van der Waals surface area contributed by atoms with E-state index < -0.39 is 5.91 Å². The molecule has 2 fully saturated rings. The molecular weight excluding hydrogens is 280 g/mol. The standard InChI is InChI=1S/C16H22N4O2/c21-15(19-22)12-8-11-3-7-20(10-13(11)17-9-12)14-2-5-16(14)4-1-6-18-16/h8-9,14,18,22H,1-7,10H2,(H,19,21)/t14-,16-/m1/s1. The molecule has 3 aliphatic rings. The van der Waals surface area contributed by atoms with Gasteiger partial charge in [0.05, 0.1) is 11.3 Å². The van der Waals surface area contributed by atoms with Gasteiger partial charge in [0, 0.05) is 30.9 Å². The maximum Gasteiger partial charge on any atom is 0.276 e. The topological polar surface area (TPSA) is 77.5 Å². The SMILES string of the molecule is O=C(NO)c1cnc2c(c1)CCN([C@@H]1CC[C@]13CCCN3)C2. The van der Waals surface area contributed by atoms with Crippen LogP contribution in [-0.2, 0) is 13.0 Å². The fraction of sp³-hybridized carbons (Fsp3) is 0.625. The number of pyridine rings is 1. The molecule has 3 heterocycles. The first-order valence-electron chi connectivity index (χ1n) is 8.13. The van der Waals surface area contributed by atoms with E-state index in [1.807, 2.05) is 6.07 Å². The first-order valence-corrected chi connectivity index (χ1v) is 8.13. The van der Waals surface area contributed by atoms with Gasteiger partial charge in [0.2, 0.25) is 0 Å². The van der Waals surface area contributed by atoms with Crippen molar-refractivity contribution in [1.82, 2.24) is 20.7 Å². The predicted octanol–water partition coefficient (Wildman–Crippen LogP) is 0.843. The number of hydrogen-bond donors (Lipinski definition) is 3. The van der Waals surface area contributed by atoms with Gasteiger partial charge in [-0.2, -0.15) is 0 Å². The van der Waals surface area contributed by atoms with E-state index in [1.165, 1.54) is 25.7 Å². The third kappa shape index (κ3) is 2.14. The minimum absolute atomic E-state index is 0.355. The second kappa shape index (κ2) is 5.30. The third-order valence-electron chi connectivity index (χ3n) is 5.66. The van der Waals surface area contributed by atoms with E-state index in [0.717, 1.165) is 37.3 Å². The molecule has 2 aliphatic heterocycles. The van der Waals surface area contributed by atoms with Gasteiger partial charge in [0.1, 0.15) is 0 Å². The molecule has 3 N–H and O–H groups in total. The first-order chi connectivity index (χ1) is 10.7. The van der Waals surface area contributed by atoms with Crippen molar-refractivity contribution in [3.8, 4) is 0 Å². The highest BCUT2D eigenvalue weighted by molar-refractivity contribution is 5.93. The molecule has 2 atom stereocenters. The number of amides is 1. The van der Waals surface area contributed by atoms with Crippen LogP contribution < -0.4 is 10.8 Å². The van der Waals surface area contributed by atoms with Crippen LogP contribution in [0, 0.1) is 0 Å². The van der Waals surface area contributed by atoms with Crippen LogP contribution in [0.4, 0.5) is 0 Å². The van der Waals surface area contributed by atoms with Gasteiger partial charge in [-0.05, 0) is 50.3 Å². The quantitative estimate of drug-likeness (QED) is 0.557. The highest BCUT2D eigenvalue weighted by Gasteiger charge is 2.51. The molecule has 6 heteroatoms. The molecule has 1 spiro atoms. The number of carbonyl (C=O) groups is 1. The third-order valence-corrected chi connectivity index (χ3v) is 5.66. The highest BCUT2D eigenvalue weighted by atomic mass is 16.5. The molecule has 0 bridgehead atoms. The fourth-order valence-electron chi connectivity index (χ4n) is 4.37. The Labute approximate surface area is 129 Å². The lowest BCUT2D eigenvalue weighted by atomic mass is 9.69. The van der Waals surface area contributed by atoms with Gasteiger partial charge in [-0.15, -0.1) is 0 Å². The normalized spacial score (nSPS) is 30.9. The second-order valence-electron chi connectivity index (χ2n) is 6.73. The summed E-state index contributed by atoms with van der Waals surface area (Å²) >= 11 is 0. The number of nitrogens with zero attached hydrogens (tertiary/aromatic N) is 2. The molecule has 6 nitrogen and oxygen atoms in total. The van der Waals surface area contributed by atoms with Crippen molar-refractivity contribution in [2.75, 3.05) is 13.1 Å². The molecule has 1 saturated heterocycles. The van der Waals surface area contributed by atoms with E-state index in [2.05, 4.69) is 15.2 Å². The van der Waals surface area contributed by atoms with Gasteiger partial charge in [-0.1, -0.05) is 0 Å². The van der Waals surface area contributed by atoms with Crippen molar-refractivity contribution in [2.45, 2.75) is 50.2 Å². The summed E-state index contributed by atoms with van der Waals surface area (Å²) in [7, 11) is 0. The summed E-state index contributed by atoms with van der Waals surface area (Å²) in [6.45, 7) is 3.04. The number of hydroxylamine groups is 1. The highest BCUT2D eigenvalue weighted by Crippen LogP contribution is 2.43. The minimum Gasteiger partial charge on any atom is -0.310 e. The lowest BCUT2D eigenvalue weighted by molar-refractivity contribution is 0.0140. The van der Waals surface area contributed by atoms with Gasteiger partial charge >= 0.3 is 0 Å². The zero-order valence-corrected chi connectivity index (χ0v) is 12.6. The van der Waals surface area contributed by atoms with Crippen LogP contribution >= 0.6 is 0 Å². The molecule has 4 rings (SSSR count). The van der Waals surface area contributed by atoms with E-state index in [-0.39, 0.29) is 0 Å². The number of rotatable bonds is 2. The number of hydrogen-bond acceptors (Lipinski definition) is 5. The van der Waals surface area contributed by atoms with Crippen LogP contribution in [0.15, 0.2) is 12.3 Å². The second-order valence-corrected chi connectivity index (χ2v) is 6.73. The van der Waals surface area contributed by atoms with Crippen molar-refractivity contribution in [1.29, 1.82) is 0 Å². The Morgan fingerprint density at radius 2 is 2.41 bits per heavy atom. The van der Waals surface area contributed by atoms with Crippen LogP contribution in [-0.4, -0.2) is 45.7 Å². The van der Waals surface area contributed by atoms with Gasteiger partial charge in [0.25, 0.3) is 5.91 Å². The van der Waals surface area contributed by atoms with Crippen LogP contribution in [0.5, 0.6) is 0 Å². The van der Waals surface area contributed by atoms with Gasteiger partial charge in [-0.25, -0.2) is 5.48 Å². The van der Waals surface area contributed by atoms with Gasteiger partial charge < -0.3 is 5.32 Å². The molecule has 0 aromatic carbocycles. The maximum absolute atomic E-state index is 11.5. The minimum atomic E-state index is -0.495. The average molecular weight is 302 g/mol. The Morgan fingerprint density at radius 1 is 1.50 bits per heavy atom. The number of nitrogens with one attached hydrogen (secondary N) is 2. The average Bonchev–Trinajstić information content (AvgIpc) is 3.05. The van der Waals surface area contributed by atoms with Crippen molar-refractivity contribution in [2.24, 2.45) is 0 Å². The molecule has 1 saturated carbocycles. The van der Waals surface area contributed by atoms with E-state index in [9.17, 15) is 4.79 Å².